The van der Waals surface area contributed by atoms with Gasteiger partial charge < -0.3 is 15.3 Å². The Labute approximate surface area is 139 Å². The van der Waals surface area contributed by atoms with E-state index < -0.39 is 11.7 Å². The fraction of sp³-hybridized carbons (Fsp3) is 0.533. The molecule has 0 unspecified atom stereocenters. The van der Waals surface area contributed by atoms with Crippen molar-refractivity contribution in [3.63, 3.8) is 0 Å². The maximum Gasteiger partial charge on any atom is 0.252 e. The second-order valence-electron chi connectivity index (χ2n) is 5.43. The van der Waals surface area contributed by atoms with Crippen molar-refractivity contribution in [3.8, 4) is 0 Å². The summed E-state index contributed by atoms with van der Waals surface area (Å²) in [7, 11) is 0. The summed E-state index contributed by atoms with van der Waals surface area (Å²) in [5.74, 6) is -1.07. The molecule has 1 aliphatic heterocycles. The third-order valence-corrected chi connectivity index (χ3v) is 4.35. The molecule has 1 saturated heterocycles. The molecule has 0 spiro atoms. The minimum atomic E-state index is -0.664. The van der Waals surface area contributed by atoms with Gasteiger partial charge in [0.05, 0.1) is 21.7 Å². The van der Waals surface area contributed by atoms with E-state index in [0.717, 1.165) is 45.0 Å². The summed E-state index contributed by atoms with van der Waals surface area (Å²) in [6, 6.07) is 2.28. The lowest BCUT2D eigenvalue weighted by molar-refractivity contribution is 0.0816. The first kappa shape index (κ1) is 17.5. The van der Waals surface area contributed by atoms with Crippen molar-refractivity contribution in [1.29, 1.82) is 0 Å². The van der Waals surface area contributed by atoms with Gasteiger partial charge in [-0.15, -0.1) is 0 Å². The number of nitrogens with zero attached hydrogens (tertiary/aromatic N) is 1. The van der Waals surface area contributed by atoms with Gasteiger partial charge >= 0.3 is 0 Å². The van der Waals surface area contributed by atoms with Gasteiger partial charge in [-0.25, -0.2) is 4.39 Å². The van der Waals surface area contributed by atoms with Crippen LogP contribution < -0.4 is 5.32 Å². The topological polar surface area (TPSA) is 52.6 Å². The number of rotatable bonds is 5. The number of likely N-dealkylation sites (tertiary alicyclic amines) is 1. The summed E-state index contributed by atoms with van der Waals surface area (Å²) in [6.45, 7) is 3.10. The average molecular weight is 349 g/mol. The molecular formula is C15H19Cl2FN2O2. The molecule has 22 heavy (non-hydrogen) atoms. The summed E-state index contributed by atoms with van der Waals surface area (Å²) in [5.41, 5.74) is 0.0876. The van der Waals surface area contributed by atoms with Crippen LogP contribution in [0.2, 0.25) is 10.0 Å². The number of carbonyl (C=O) groups is 1. The number of aliphatic hydroxyl groups is 1. The number of piperidine rings is 1. The third kappa shape index (κ3) is 4.81. The first-order valence-corrected chi connectivity index (χ1v) is 8.06. The van der Waals surface area contributed by atoms with Crippen LogP contribution in [0.5, 0.6) is 0 Å². The maximum atomic E-state index is 13.4. The van der Waals surface area contributed by atoms with Crippen molar-refractivity contribution in [2.45, 2.75) is 25.4 Å². The Morgan fingerprint density at radius 1 is 1.32 bits per heavy atom. The molecule has 0 atom stereocenters. The van der Waals surface area contributed by atoms with Crippen LogP contribution in [0, 0.1) is 5.82 Å². The molecule has 0 bridgehead atoms. The van der Waals surface area contributed by atoms with Crippen LogP contribution in [0.4, 0.5) is 4.39 Å². The van der Waals surface area contributed by atoms with Crippen molar-refractivity contribution in [2.75, 3.05) is 26.2 Å². The van der Waals surface area contributed by atoms with Crippen LogP contribution in [-0.2, 0) is 0 Å². The summed E-state index contributed by atoms with van der Waals surface area (Å²) in [4.78, 5) is 14.2. The Hall–Kier alpha value is -0.880. The van der Waals surface area contributed by atoms with E-state index in [1.54, 1.807) is 0 Å². The largest absolute Gasteiger partial charge is 0.393 e. The highest BCUT2D eigenvalue weighted by Crippen LogP contribution is 2.24. The molecule has 0 aliphatic carbocycles. The zero-order chi connectivity index (χ0) is 16.1. The Bertz CT molecular complexity index is 535. The lowest BCUT2D eigenvalue weighted by atomic mass is 10.1. The van der Waals surface area contributed by atoms with Crippen LogP contribution in [0.1, 0.15) is 29.6 Å². The van der Waals surface area contributed by atoms with Crippen molar-refractivity contribution in [3.05, 3.63) is 33.6 Å². The highest BCUT2D eigenvalue weighted by atomic mass is 35.5. The molecule has 1 aromatic carbocycles. The zero-order valence-electron chi connectivity index (χ0n) is 12.1. The van der Waals surface area contributed by atoms with Crippen LogP contribution in [-0.4, -0.2) is 48.2 Å². The third-order valence-electron chi connectivity index (χ3n) is 3.75. The Morgan fingerprint density at radius 2 is 2.00 bits per heavy atom. The van der Waals surface area contributed by atoms with Crippen molar-refractivity contribution in [1.82, 2.24) is 10.2 Å². The van der Waals surface area contributed by atoms with Crippen LogP contribution in [0.25, 0.3) is 0 Å². The van der Waals surface area contributed by atoms with Gasteiger partial charge in [-0.3, -0.25) is 4.79 Å². The molecule has 1 fully saturated rings. The summed E-state index contributed by atoms with van der Waals surface area (Å²) in [6.07, 6.45) is 2.20. The van der Waals surface area contributed by atoms with Gasteiger partial charge in [-0.2, -0.15) is 0 Å². The van der Waals surface area contributed by atoms with E-state index in [-0.39, 0.29) is 21.7 Å². The SMILES string of the molecule is O=C(NCCCN1CCC(O)CC1)c1cc(F)c(Cl)cc1Cl. The predicted molar refractivity (Wildman–Crippen MR) is 85.1 cm³/mol. The smallest absolute Gasteiger partial charge is 0.252 e. The predicted octanol–water partition coefficient (Wildman–Crippen LogP) is 2.71. The molecule has 1 aromatic rings. The van der Waals surface area contributed by atoms with Gasteiger partial charge in [-0.1, -0.05) is 23.2 Å². The zero-order valence-corrected chi connectivity index (χ0v) is 13.6. The average Bonchev–Trinajstić information content (AvgIpc) is 2.49. The number of hydrogen-bond donors (Lipinski definition) is 2. The van der Waals surface area contributed by atoms with Crippen molar-refractivity contribution < 1.29 is 14.3 Å². The minimum Gasteiger partial charge on any atom is -0.393 e. The molecule has 122 valence electrons. The fourth-order valence-corrected chi connectivity index (χ4v) is 2.91. The van der Waals surface area contributed by atoms with Gasteiger partial charge in [0.25, 0.3) is 5.91 Å². The van der Waals surface area contributed by atoms with Gasteiger partial charge in [-0.05, 0) is 37.9 Å². The molecule has 1 heterocycles. The second kappa shape index (κ2) is 8.11. The van der Waals surface area contributed by atoms with E-state index in [0.29, 0.717) is 6.54 Å². The van der Waals surface area contributed by atoms with Crippen LogP contribution >= 0.6 is 23.2 Å². The van der Waals surface area contributed by atoms with E-state index in [9.17, 15) is 14.3 Å². The first-order chi connectivity index (χ1) is 10.5. The van der Waals surface area contributed by atoms with E-state index >= 15 is 0 Å². The lowest BCUT2D eigenvalue weighted by Crippen LogP contribution is -2.37. The highest BCUT2D eigenvalue weighted by molar-refractivity contribution is 6.36. The van der Waals surface area contributed by atoms with E-state index in [2.05, 4.69) is 10.2 Å². The van der Waals surface area contributed by atoms with Crippen LogP contribution in [0.15, 0.2) is 12.1 Å². The summed E-state index contributed by atoms with van der Waals surface area (Å²) >= 11 is 11.5. The normalized spacial score (nSPS) is 16.7. The maximum absolute atomic E-state index is 13.4. The number of amides is 1. The molecular weight excluding hydrogens is 330 g/mol. The number of carbonyl (C=O) groups excluding carboxylic acids is 1. The summed E-state index contributed by atoms with van der Waals surface area (Å²) < 4.78 is 13.4. The number of halogens is 3. The molecule has 0 radical (unpaired) electrons. The number of aliphatic hydroxyl groups excluding tert-OH is 1. The molecule has 2 rings (SSSR count). The standard InChI is InChI=1S/C15H19Cl2FN2O2/c16-12-9-13(17)14(18)8-11(12)15(22)19-4-1-5-20-6-2-10(21)3-7-20/h8-10,21H,1-7H2,(H,19,22). The fourth-order valence-electron chi connectivity index (χ4n) is 2.44. The van der Waals surface area contributed by atoms with Gasteiger partial charge in [0, 0.05) is 19.6 Å². The van der Waals surface area contributed by atoms with Crippen LogP contribution in [0.3, 0.4) is 0 Å². The quantitative estimate of drug-likeness (QED) is 0.635. The molecule has 0 aromatic heterocycles. The Morgan fingerprint density at radius 3 is 2.68 bits per heavy atom. The molecule has 1 aliphatic rings. The Balaban J connectivity index is 1.75. The van der Waals surface area contributed by atoms with Gasteiger partial charge in [0.2, 0.25) is 0 Å². The van der Waals surface area contributed by atoms with E-state index in [1.165, 1.54) is 6.07 Å². The van der Waals surface area contributed by atoms with Crippen molar-refractivity contribution in [2.24, 2.45) is 0 Å². The highest BCUT2D eigenvalue weighted by Gasteiger charge is 2.17. The first-order valence-electron chi connectivity index (χ1n) is 7.30. The molecule has 0 saturated carbocycles. The molecule has 7 heteroatoms. The second-order valence-corrected chi connectivity index (χ2v) is 6.24. The van der Waals surface area contributed by atoms with E-state index in [4.69, 9.17) is 23.2 Å². The monoisotopic (exact) mass is 348 g/mol. The van der Waals surface area contributed by atoms with Crippen molar-refractivity contribution >= 4 is 29.1 Å². The number of nitrogens with one attached hydrogen (secondary N) is 1. The minimum absolute atomic E-state index is 0.0876. The van der Waals surface area contributed by atoms with Gasteiger partial charge in [0.15, 0.2) is 0 Å². The molecule has 2 N–H and O–H groups in total. The van der Waals surface area contributed by atoms with Gasteiger partial charge in [0.1, 0.15) is 5.82 Å². The lowest BCUT2D eigenvalue weighted by Gasteiger charge is -2.29. The Kier molecular flexibility index (Phi) is 6.44. The summed E-state index contributed by atoms with van der Waals surface area (Å²) in [5, 5.41) is 12.2. The molecule has 1 amide bonds. The molecule has 4 nitrogen and oxygen atoms in total. The number of benzene rings is 1. The van der Waals surface area contributed by atoms with E-state index in [1.807, 2.05) is 0 Å². The number of hydrogen-bond acceptors (Lipinski definition) is 3.